The molecule has 9 nitrogen and oxygen atoms in total. The largest absolute Gasteiger partial charge is 0.513 e. The molecule has 92 heavy (non-hydrogen) atoms. The van der Waals surface area contributed by atoms with E-state index in [1.54, 1.807) is 12.5 Å². The summed E-state index contributed by atoms with van der Waals surface area (Å²) in [6.07, 6.45) is 38.8. The van der Waals surface area contributed by atoms with Gasteiger partial charge in [0.1, 0.15) is 28.9 Å². The van der Waals surface area contributed by atoms with Crippen LogP contribution in [0.5, 0.6) is 0 Å². The lowest BCUT2D eigenvalue weighted by Gasteiger charge is -2.57. The van der Waals surface area contributed by atoms with Gasteiger partial charge in [0.05, 0.1) is 17.4 Å². The van der Waals surface area contributed by atoms with Crippen LogP contribution in [0.1, 0.15) is 282 Å². The highest BCUT2D eigenvalue weighted by Crippen LogP contribution is 2.70. The molecule has 24 atom stereocenters. The summed E-state index contributed by atoms with van der Waals surface area (Å²) in [5.41, 5.74) is 5.94. The number of aliphatic hydroxyl groups is 2. The van der Waals surface area contributed by atoms with Crippen molar-refractivity contribution in [2.45, 2.75) is 282 Å². The molecule has 0 saturated heterocycles. The molecule has 12 unspecified atom stereocenters. The van der Waals surface area contributed by atoms with Gasteiger partial charge in [-0.05, 0) is 231 Å². The number of carboxylic acid groups (broad SMARTS) is 1. The van der Waals surface area contributed by atoms with E-state index in [4.69, 9.17) is 5.11 Å². The fourth-order valence-corrected chi connectivity index (χ4v) is 25.1. The second kappa shape index (κ2) is 27.6. The Kier molecular flexibility index (Phi) is 21.2. The molecule has 0 aromatic heterocycles. The first-order valence-electron chi connectivity index (χ1n) is 38.0. The average molecular weight is 1270 g/mol. The molecular formula is C83H126O9. The number of allylic oxidation sites excluding steroid dienone is 8. The van der Waals surface area contributed by atoms with E-state index in [9.17, 15) is 39.0 Å². The summed E-state index contributed by atoms with van der Waals surface area (Å²) < 4.78 is 0. The molecule has 3 N–H and O–H groups in total. The summed E-state index contributed by atoms with van der Waals surface area (Å²) in [5.74, 6) is 10.3. The number of aliphatic carboxylic acids is 1. The highest BCUT2D eigenvalue weighted by molar-refractivity contribution is 5.86. The Morgan fingerprint density at radius 3 is 1.37 bits per heavy atom. The van der Waals surface area contributed by atoms with Crippen LogP contribution in [0.25, 0.3) is 0 Å². The van der Waals surface area contributed by atoms with E-state index in [0.29, 0.717) is 124 Å². The number of fused-ring (bicyclic) bond motifs is 15. The van der Waals surface area contributed by atoms with Crippen LogP contribution in [0.4, 0.5) is 0 Å². The van der Waals surface area contributed by atoms with Gasteiger partial charge in [-0.25, -0.2) is 0 Å². The van der Waals surface area contributed by atoms with Crippen molar-refractivity contribution < 1.29 is 44.1 Å². The number of rotatable bonds is 18. The normalized spacial score (nSPS) is 41.9. The lowest BCUT2D eigenvalue weighted by Crippen LogP contribution is -2.50. The Labute approximate surface area is 557 Å². The highest BCUT2D eigenvalue weighted by Gasteiger charge is 2.64. The summed E-state index contributed by atoms with van der Waals surface area (Å²) in [5, 5.41) is 28.3. The molecule has 0 radical (unpaired) electrons. The van der Waals surface area contributed by atoms with E-state index < -0.39 is 5.97 Å². The Bertz CT molecular complexity index is 2790. The second-order valence-corrected chi connectivity index (χ2v) is 35.8. The van der Waals surface area contributed by atoms with Crippen LogP contribution in [0.3, 0.4) is 0 Å². The van der Waals surface area contributed by atoms with Crippen molar-refractivity contribution in [3.63, 3.8) is 0 Å². The molecule has 9 saturated carbocycles. The van der Waals surface area contributed by atoms with Crippen molar-refractivity contribution in [3.05, 3.63) is 59.6 Å². The molecule has 12 aliphatic rings. The quantitative estimate of drug-likeness (QED) is 0.0895. The van der Waals surface area contributed by atoms with Crippen LogP contribution in [-0.2, 0) is 28.8 Å². The zero-order chi connectivity index (χ0) is 66.8. The van der Waals surface area contributed by atoms with Gasteiger partial charge < -0.3 is 15.3 Å². The Balaban J connectivity index is 0.000000151. The van der Waals surface area contributed by atoms with Crippen molar-refractivity contribution in [2.24, 2.45) is 139 Å². The van der Waals surface area contributed by atoms with E-state index in [1.807, 2.05) is 6.92 Å². The van der Waals surface area contributed by atoms with Gasteiger partial charge in [0.15, 0.2) is 0 Å². The third kappa shape index (κ3) is 13.1. The molecule has 0 heterocycles. The Hall–Kier alpha value is -3.88. The van der Waals surface area contributed by atoms with Gasteiger partial charge in [-0.3, -0.25) is 28.8 Å². The van der Waals surface area contributed by atoms with Crippen LogP contribution < -0.4 is 0 Å². The average Bonchev–Trinajstić information content (AvgIpc) is 1.41. The first kappa shape index (κ1) is 70.9. The van der Waals surface area contributed by atoms with Crippen LogP contribution in [0.2, 0.25) is 0 Å². The zero-order valence-corrected chi connectivity index (χ0v) is 59.8. The van der Waals surface area contributed by atoms with Crippen LogP contribution in [0.15, 0.2) is 59.6 Å². The Morgan fingerprint density at radius 2 is 0.902 bits per heavy atom. The van der Waals surface area contributed by atoms with Crippen molar-refractivity contribution in [1.29, 1.82) is 0 Å². The molecule has 512 valence electrons. The number of aliphatic hydroxyl groups excluding tert-OH is 2. The van der Waals surface area contributed by atoms with Gasteiger partial charge in [-0.1, -0.05) is 157 Å². The SMILES string of the molecule is C=C(O)[C@@H](C)CCCC(C)[C@H]1C(=O)CC2C3CC=C4CC(=O)CC[C@]4(C)C3CC[C@@]21C.C=C(O)[C@@H](C)CCCC(C)[C@H]1CCC2C3=CCC4CC(=O)CC[C@]4(C)C3CC[C@@]21C.CC(CCC[C@@H](C)C(=O)O)[C@H]1C(=O)CC2C3CC=C4CC(=O)CC[C@]4(C)C3CC[C@@]21C. The molecule has 12 aliphatic carbocycles. The molecule has 0 amide bonds. The molecule has 0 spiro atoms. The summed E-state index contributed by atoms with van der Waals surface area (Å²) in [4.78, 5) is 74.0. The van der Waals surface area contributed by atoms with Crippen LogP contribution in [-0.4, -0.2) is 50.2 Å². The minimum absolute atomic E-state index is 0.0717. The van der Waals surface area contributed by atoms with Gasteiger partial charge in [0.25, 0.3) is 0 Å². The van der Waals surface area contributed by atoms with Gasteiger partial charge >= 0.3 is 5.97 Å². The van der Waals surface area contributed by atoms with Gasteiger partial charge in [0, 0.05) is 75.0 Å². The number of Topliss-reactive ketones (excluding diaryl/α,β-unsaturated/α-hetero) is 5. The highest BCUT2D eigenvalue weighted by atomic mass is 16.4. The predicted molar refractivity (Wildman–Crippen MR) is 369 cm³/mol. The first-order valence-corrected chi connectivity index (χ1v) is 38.0. The molecule has 12 rings (SSSR count). The summed E-state index contributed by atoms with van der Waals surface area (Å²) in [6, 6.07) is 0. The number of hydrogen-bond donors (Lipinski definition) is 3. The number of carbonyl (C=O) groups excluding carboxylic acids is 5. The predicted octanol–water partition coefficient (Wildman–Crippen LogP) is 20.3. The van der Waals surface area contributed by atoms with Gasteiger partial charge in [-0.2, -0.15) is 0 Å². The maximum atomic E-state index is 13.4. The van der Waals surface area contributed by atoms with E-state index >= 15 is 0 Å². The van der Waals surface area contributed by atoms with E-state index in [0.717, 1.165) is 146 Å². The fourth-order valence-electron chi connectivity index (χ4n) is 25.1. The van der Waals surface area contributed by atoms with E-state index in [1.165, 1.54) is 62.5 Å². The minimum atomic E-state index is -0.724. The zero-order valence-electron chi connectivity index (χ0n) is 59.8. The number of carbonyl (C=O) groups is 6. The Morgan fingerprint density at radius 1 is 0.467 bits per heavy atom. The smallest absolute Gasteiger partial charge is 0.306 e. The molecule has 9 fully saturated rings. The number of hydrogen-bond acceptors (Lipinski definition) is 8. The van der Waals surface area contributed by atoms with E-state index in [-0.39, 0.29) is 57.0 Å². The lowest BCUT2D eigenvalue weighted by molar-refractivity contribution is -0.141. The van der Waals surface area contributed by atoms with Crippen molar-refractivity contribution >= 4 is 34.9 Å². The van der Waals surface area contributed by atoms with Gasteiger partial charge in [0.2, 0.25) is 0 Å². The fraction of sp³-hybridized carbons (Fsp3) is 0.807. The van der Waals surface area contributed by atoms with Crippen LogP contribution >= 0.6 is 0 Å². The standard InChI is InChI=1S/C28H42O3.C28H44O2.C27H40O4/c1-17(19(3)29)7-6-8-18(2)26-25(31)16-24-22-10-9-20-15-21(30)11-13-27(20,4)23(22)12-14-28(24,26)5;1-18(20(3)29)7-6-8-19(2)24-11-12-25-23-10-9-21-17-22(30)13-15-27(21,4)26(23)14-16-28(24,25)5;1-16(6-5-7-17(2)25(30)31)24-23(29)15-22-20-9-8-18-14-19(28)10-12-26(18,3)21(20)11-13-27(22,24)4/h9,17-18,22-24,26,29H,3,6-8,10-16H2,1-2,4-5H3;10,18-19,21,24-26,29H,3,6-9,11-17H2,1-2,4-5H3;8,16-17,20-22,24H,5-7,9-15H2,1-4H3,(H,30,31)/t17-,18?,22?,23?,24?,26-,27-,28-;18-,19?,21?,24+,25?,26?,27-,28+;16?,17-,20?,21?,22?,24+,26+,27+/m001/s1. The molecule has 0 aromatic carbocycles. The molecule has 0 bridgehead atoms. The molecule has 9 heteroatoms. The minimum Gasteiger partial charge on any atom is -0.513 e. The van der Waals surface area contributed by atoms with Crippen molar-refractivity contribution in [3.8, 4) is 0 Å². The molecular weight excluding hydrogens is 1140 g/mol. The first-order chi connectivity index (χ1) is 43.3. The molecule has 0 aromatic rings. The summed E-state index contributed by atoms with van der Waals surface area (Å²) in [6.45, 7) is 35.0. The van der Waals surface area contributed by atoms with Crippen molar-refractivity contribution in [1.82, 2.24) is 0 Å². The summed E-state index contributed by atoms with van der Waals surface area (Å²) in [7, 11) is 0. The van der Waals surface area contributed by atoms with Gasteiger partial charge in [-0.15, -0.1) is 0 Å². The maximum absolute atomic E-state index is 13.4. The van der Waals surface area contributed by atoms with Crippen molar-refractivity contribution in [2.75, 3.05) is 0 Å². The lowest BCUT2D eigenvalue weighted by atomic mass is 9.47. The monoisotopic (exact) mass is 1270 g/mol. The van der Waals surface area contributed by atoms with Crippen LogP contribution in [0, 0.1) is 139 Å². The second-order valence-electron chi connectivity index (χ2n) is 35.8. The number of carboxylic acids is 1. The third-order valence-corrected chi connectivity index (χ3v) is 30.9. The maximum Gasteiger partial charge on any atom is 0.306 e. The number of ketones is 5. The molecule has 0 aliphatic heterocycles. The topological polar surface area (TPSA) is 163 Å². The summed E-state index contributed by atoms with van der Waals surface area (Å²) >= 11 is 0. The van der Waals surface area contributed by atoms with E-state index in [2.05, 4.69) is 101 Å². The third-order valence-electron chi connectivity index (χ3n) is 30.9.